The van der Waals surface area contributed by atoms with E-state index in [0.717, 1.165) is 17.0 Å². The van der Waals surface area contributed by atoms with Crippen molar-refractivity contribution in [1.29, 1.82) is 0 Å². The molecular formula is C20H30F3N3O4. The number of rotatable bonds is 4. The zero-order valence-electron chi connectivity index (χ0n) is 18.4. The number of hydrogen-bond donors (Lipinski definition) is 1. The van der Waals surface area contributed by atoms with Gasteiger partial charge in [0.15, 0.2) is 0 Å². The van der Waals surface area contributed by atoms with Gasteiger partial charge in [0.25, 0.3) is 0 Å². The topological polar surface area (TPSA) is 85.1 Å². The molecule has 170 valence electrons. The molecule has 0 radical (unpaired) electrons. The van der Waals surface area contributed by atoms with E-state index in [9.17, 15) is 22.8 Å². The average Bonchev–Trinajstić information content (AvgIpc) is 2.51. The lowest BCUT2D eigenvalue weighted by Crippen LogP contribution is -2.44. The molecule has 0 atom stereocenters. The number of alkyl halides is 3. The molecule has 7 nitrogen and oxygen atoms in total. The molecule has 0 spiro atoms. The van der Waals surface area contributed by atoms with Crippen LogP contribution in [0.2, 0.25) is 0 Å². The van der Waals surface area contributed by atoms with Crippen molar-refractivity contribution < 1.29 is 32.2 Å². The lowest BCUT2D eigenvalue weighted by atomic mass is 10.1. The Morgan fingerprint density at radius 1 is 0.933 bits per heavy atom. The highest BCUT2D eigenvalue weighted by Crippen LogP contribution is 2.38. The second-order valence-electron chi connectivity index (χ2n) is 8.81. The highest BCUT2D eigenvalue weighted by Gasteiger charge is 2.37. The van der Waals surface area contributed by atoms with Crippen molar-refractivity contribution in [1.82, 2.24) is 4.90 Å². The number of amides is 2. The fourth-order valence-corrected chi connectivity index (χ4v) is 2.32. The molecule has 0 heterocycles. The van der Waals surface area contributed by atoms with Gasteiger partial charge in [0.1, 0.15) is 11.2 Å². The van der Waals surface area contributed by atoms with E-state index in [1.54, 1.807) is 41.5 Å². The summed E-state index contributed by atoms with van der Waals surface area (Å²) in [5, 5.41) is 0. The quantitative estimate of drug-likeness (QED) is 0.683. The van der Waals surface area contributed by atoms with Gasteiger partial charge in [-0.3, -0.25) is 4.90 Å². The van der Waals surface area contributed by atoms with Crippen LogP contribution in [0, 0.1) is 0 Å². The third kappa shape index (κ3) is 8.00. The minimum atomic E-state index is -4.75. The molecule has 30 heavy (non-hydrogen) atoms. The zero-order valence-corrected chi connectivity index (χ0v) is 18.4. The molecule has 2 amide bonds. The number of nitrogens with two attached hydrogens (primary N) is 1. The molecule has 0 aliphatic carbocycles. The molecule has 0 bridgehead atoms. The molecular weight excluding hydrogens is 403 g/mol. The number of carbonyl (C=O) groups is 2. The minimum absolute atomic E-state index is 0.0875. The number of hydrogen-bond acceptors (Lipinski definition) is 5. The lowest BCUT2D eigenvalue weighted by Gasteiger charge is -2.31. The molecule has 2 N–H and O–H groups in total. The van der Waals surface area contributed by atoms with E-state index < -0.39 is 40.8 Å². The molecule has 1 aromatic rings. The largest absolute Gasteiger partial charge is 0.444 e. The summed E-state index contributed by atoms with van der Waals surface area (Å²) in [7, 11) is 1.43. The molecule has 1 rings (SSSR count). The maximum atomic E-state index is 13.6. The Morgan fingerprint density at radius 3 is 1.90 bits per heavy atom. The van der Waals surface area contributed by atoms with Crippen LogP contribution in [-0.4, -0.2) is 48.4 Å². The van der Waals surface area contributed by atoms with Gasteiger partial charge in [-0.1, -0.05) is 0 Å². The summed E-state index contributed by atoms with van der Waals surface area (Å²) in [4.78, 5) is 26.9. The predicted molar refractivity (Wildman–Crippen MR) is 108 cm³/mol. The van der Waals surface area contributed by atoms with Gasteiger partial charge in [0, 0.05) is 25.8 Å². The normalized spacial score (nSPS) is 12.3. The Morgan fingerprint density at radius 2 is 1.43 bits per heavy atom. The Labute approximate surface area is 174 Å². The van der Waals surface area contributed by atoms with Crippen molar-refractivity contribution in [2.24, 2.45) is 0 Å². The number of nitrogen functional groups attached to an aromatic ring is 1. The van der Waals surface area contributed by atoms with Gasteiger partial charge in [-0.2, -0.15) is 13.2 Å². The van der Waals surface area contributed by atoms with E-state index in [-0.39, 0.29) is 18.8 Å². The molecule has 0 aliphatic rings. The Kier molecular flexibility index (Phi) is 7.63. The van der Waals surface area contributed by atoms with Crippen LogP contribution in [0.15, 0.2) is 18.2 Å². The van der Waals surface area contributed by atoms with E-state index in [4.69, 9.17) is 15.2 Å². The van der Waals surface area contributed by atoms with E-state index >= 15 is 0 Å². The summed E-state index contributed by atoms with van der Waals surface area (Å²) in [6, 6.07) is 3.12. The Hall–Kier alpha value is -2.65. The zero-order chi connectivity index (χ0) is 23.5. The summed E-state index contributed by atoms with van der Waals surface area (Å²) in [5.41, 5.74) is 2.26. The first-order valence-corrected chi connectivity index (χ1v) is 9.32. The molecule has 0 saturated heterocycles. The Balaban J connectivity index is 3.23. The number of ether oxygens (including phenoxy) is 2. The summed E-state index contributed by atoms with van der Waals surface area (Å²) < 4.78 is 51.3. The molecule has 1 aromatic carbocycles. The first-order chi connectivity index (χ1) is 13.4. The van der Waals surface area contributed by atoms with Gasteiger partial charge in [-0.25, -0.2) is 9.59 Å². The monoisotopic (exact) mass is 433 g/mol. The third-order valence-electron chi connectivity index (χ3n) is 3.59. The SMILES string of the molecule is CN(CCN(C(=O)OC(C)(C)C)c1ccc(N)cc1C(F)(F)F)C(=O)OC(C)(C)C. The first-order valence-electron chi connectivity index (χ1n) is 9.32. The van der Waals surface area contributed by atoms with Crippen molar-refractivity contribution >= 4 is 23.6 Å². The summed E-state index contributed by atoms with van der Waals surface area (Å²) in [6.07, 6.45) is -6.39. The van der Waals surface area contributed by atoms with E-state index in [1.165, 1.54) is 18.0 Å². The van der Waals surface area contributed by atoms with Crippen molar-refractivity contribution in [2.75, 3.05) is 30.8 Å². The fourth-order valence-electron chi connectivity index (χ4n) is 2.32. The number of halogens is 3. The average molecular weight is 433 g/mol. The second kappa shape index (κ2) is 9.01. The van der Waals surface area contributed by atoms with Crippen LogP contribution in [-0.2, 0) is 15.7 Å². The van der Waals surface area contributed by atoms with Crippen LogP contribution in [0.4, 0.5) is 34.1 Å². The van der Waals surface area contributed by atoms with Crippen LogP contribution < -0.4 is 10.6 Å². The maximum Gasteiger partial charge on any atom is 0.418 e. The van der Waals surface area contributed by atoms with Gasteiger partial charge in [-0.15, -0.1) is 0 Å². The van der Waals surface area contributed by atoms with Crippen LogP contribution in [0.25, 0.3) is 0 Å². The van der Waals surface area contributed by atoms with Gasteiger partial charge in [0.2, 0.25) is 0 Å². The summed E-state index contributed by atoms with van der Waals surface area (Å²) in [6.45, 7) is 9.53. The van der Waals surface area contributed by atoms with E-state index in [0.29, 0.717) is 0 Å². The standard InChI is InChI=1S/C20H30F3N3O4/c1-18(2,3)29-16(27)25(7)10-11-26(17(28)30-19(4,5)6)15-9-8-13(24)12-14(15)20(21,22)23/h8-9,12H,10-11,24H2,1-7H3. The fraction of sp³-hybridized carbons (Fsp3) is 0.600. The molecule has 0 aliphatic heterocycles. The van der Waals surface area contributed by atoms with Gasteiger partial charge < -0.3 is 20.1 Å². The van der Waals surface area contributed by atoms with Gasteiger partial charge in [0.05, 0.1) is 11.3 Å². The number of nitrogens with zero attached hydrogens (tertiary/aromatic N) is 2. The van der Waals surface area contributed by atoms with Gasteiger partial charge >= 0.3 is 18.4 Å². The minimum Gasteiger partial charge on any atom is -0.444 e. The number of anilines is 2. The Bertz CT molecular complexity index is 768. The summed E-state index contributed by atoms with van der Waals surface area (Å²) in [5.74, 6) is 0. The molecule has 10 heteroatoms. The van der Waals surface area contributed by atoms with E-state index in [2.05, 4.69) is 0 Å². The summed E-state index contributed by atoms with van der Waals surface area (Å²) >= 11 is 0. The van der Waals surface area contributed by atoms with E-state index in [1.807, 2.05) is 0 Å². The molecule has 0 aromatic heterocycles. The predicted octanol–water partition coefficient (Wildman–Crippen LogP) is 4.90. The first kappa shape index (κ1) is 25.4. The van der Waals surface area contributed by atoms with Crippen molar-refractivity contribution in [2.45, 2.75) is 58.9 Å². The smallest absolute Gasteiger partial charge is 0.418 e. The number of carbonyl (C=O) groups excluding carboxylic acids is 2. The molecule has 0 saturated carbocycles. The second-order valence-corrected chi connectivity index (χ2v) is 8.81. The van der Waals surface area contributed by atoms with Crippen LogP contribution in [0.3, 0.4) is 0 Å². The van der Waals surface area contributed by atoms with Crippen molar-refractivity contribution in [3.05, 3.63) is 23.8 Å². The lowest BCUT2D eigenvalue weighted by molar-refractivity contribution is -0.137. The van der Waals surface area contributed by atoms with Crippen LogP contribution in [0.5, 0.6) is 0 Å². The van der Waals surface area contributed by atoms with Crippen LogP contribution >= 0.6 is 0 Å². The van der Waals surface area contributed by atoms with Crippen molar-refractivity contribution in [3.8, 4) is 0 Å². The molecule has 0 unspecified atom stereocenters. The highest BCUT2D eigenvalue weighted by molar-refractivity contribution is 5.89. The van der Waals surface area contributed by atoms with Gasteiger partial charge in [-0.05, 0) is 59.7 Å². The van der Waals surface area contributed by atoms with Crippen molar-refractivity contribution in [3.63, 3.8) is 0 Å². The number of likely N-dealkylation sites (N-methyl/N-ethyl adjacent to an activating group) is 1. The number of benzene rings is 1. The highest BCUT2D eigenvalue weighted by atomic mass is 19.4. The maximum absolute atomic E-state index is 13.6. The molecule has 0 fully saturated rings. The third-order valence-corrected chi connectivity index (χ3v) is 3.59. The van der Waals surface area contributed by atoms with Crippen LogP contribution in [0.1, 0.15) is 47.1 Å².